The number of nitrogens with two attached hydrogens (primary N) is 2. The average Bonchev–Trinajstić information content (AvgIpc) is 3.16. The SMILES string of the molecule is Nc1cc(Oc2ccc(-c3nnc(Nc4cccc(C(F)(F)F)c4)s3)cc2)nc(N)n1. The molecule has 0 unspecified atom stereocenters. The molecule has 158 valence electrons. The van der Waals surface area contributed by atoms with Crippen LogP contribution in [0.25, 0.3) is 10.6 Å². The maximum absolute atomic E-state index is 12.9. The molecule has 0 spiro atoms. The van der Waals surface area contributed by atoms with E-state index in [1.54, 1.807) is 24.3 Å². The zero-order valence-corrected chi connectivity index (χ0v) is 16.4. The minimum absolute atomic E-state index is 0.00119. The molecule has 2 aromatic carbocycles. The Labute approximate surface area is 177 Å². The molecule has 0 saturated heterocycles. The molecule has 4 aromatic rings. The van der Waals surface area contributed by atoms with Gasteiger partial charge in [-0.2, -0.15) is 23.1 Å². The first-order chi connectivity index (χ1) is 14.8. The number of alkyl halides is 3. The monoisotopic (exact) mass is 445 g/mol. The van der Waals surface area contributed by atoms with E-state index >= 15 is 0 Å². The molecule has 0 saturated carbocycles. The molecule has 2 aromatic heterocycles. The third-order valence-electron chi connectivity index (χ3n) is 3.93. The number of anilines is 4. The lowest BCUT2D eigenvalue weighted by Gasteiger charge is -2.08. The minimum atomic E-state index is -4.42. The van der Waals surface area contributed by atoms with Crippen LogP contribution in [-0.2, 0) is 6.18 Å². The molecule has 0 fully saturated rings. The first-order valence-corrected chi connectivity index (χ1v) is 9.54. The van der Waals surface area contributed by atoms with E-state index in [0.717, 1.165) is 17.7 Å². The molecule has 0 aliphatic carbocycles. The number of nitrogen functional groups attached to an aromatic ring is 2. The van der Waals surface area contributed by atoms with Crippen LogP contribution >= 0.6 is 11.3 Å². The second kappa shape index (κ2) is 8.07. The topological polar surface area (TPSA) is 125 Å². The Morgan fingerprint density at radius 1 is 0.935 bits per heavy atom. The molecular weight excluding hydrogens is 431 g/mol. The van der Waals surface area contributed by atoms with Crippen LogP contribution in [0.4, 0.5) is 35.8 Å². The summed E-state index contributed by atoms with van der Waals surface area (Å²) in [6, 6.07) is 13.2. The highest BCUT2D eigenvalue weighted by Gasteiger charge is 2.30. The van der Waals surface area contributed by atoms with Gasteiger partial charge in [-0.15, -0.1) is 10.2 Å². The van der Waals surface area contributed by atoms with Gasteiger partial charge in [0.05, 0.1) is 5.56 Å². The van der Waals surface area contributed by atoms with Crippen molar-refractivity contribution >= 4 is 33.9 Å². The number of aromatic nitrogens is 4. The number of nitrogens with zero attached hydrogens (tertiary/aromatic N) is 4. The Bertz CT molecular complexity index is 1190. The van der Waals surface area contributed by atoms with Gasteiger partial charge in [-0.1, -0.05) is 17.4 Å². The molecule has 0 atom stereocenters. The summed E-state index contributed by atoms with van der Waals surface area (Å²) in [5, 5.41) is 11.9. The van der Waals surface area contributed by atoms with Crippen LogP contribution in [0.3, 0.4) is 0 Å². The summed E-state index contributed by atoms with van der Waals surface area (Å²) < 4.78 is 44.2. The van der Waals surface area contributed by atoms with Crippen LogP contribution in [0.15, 0.2) is 54.6 Å². The van der Waals surface area contributed by atoms with Crippen LogP contribution in [0.2, 0.25) is 0 Å². The van der Waals surface area contributed by atoms with Gasteiger partial charge in [0, 0.05) is 17.3 Å². The third-order valence-corrected chi connectivity index (χ3v) is 4.82. The standard InChI is InChI=1S/C19H14F3N7OS/c20-19(21,22)11-2-1-3-12(8-11)25-18-29-28-16(31-18)10-4-6-13(7-5-10)30-15-9-14(23)26-17(24)27-15/h1-9H,(H,25,29)(H4,23,24,26,27). The largest absolute Gasteiger partial charge is 0.439 e. The summed E-state index contributed by atoms with van der Waals surface area (Å²) in [4.78, 5) is 7.71. The fourth-order valence-corrected chi connectivity index (χ4v) is 3.36. The predicted octanol–water partition coefficient (Wildman–Crippen LogP) is 4.71. The molecule has 0 aliphatic heterocycles. The van der Waals surface area contributed by atoms with Crippen molar-refractivity contribution < 1.29 is 17.9 Å². The lowest BCUT2D eigenvalue weighted by molar-refractivity contribution is -0.137. The van der Waals surface area contributed by atoms with Crippen LogP contribution in [0.1, 0.15) is 5.56 Å². The molecular formula is C19H14F3N7OS. The van der Waals surface area contributed by atoms with Crippen LogP contribution in [0.5, 0.6) is 11.6 Å². The first kappa shape index (κ1) is 20.3. The van der Waals surface area contributed by atoms with E-state index in [9.17, 15) is 13.2 Å². The minimum Gasteiger partial charge on any atom is -0.439 e. The van der Waals surface area contributed by atoms with Crippen molar-refractivity contribution in [2.75, 3.05) is 16.8 Å². The van der Waals surface area contributed by atoms with Crippen LogP contribution in [-0.4, -0.2) is 20.2 Å². The molecule has 0 bridgehead atoms. The molecule has 12 heteroatoms. The number of rotatable bonds is 5. The van der Waals surface area contributed by atoms with Gasteiger partial charge >= 0.3 is 6.18 Å². The van der Waals surface area contributed by atoms with E-state index in [4.69, 9.17) is 16.2 Å². The second-order valence-corrected chi connectivity index (χ2v) is 7.21. The zero-order chi connectivity index (χ0) is 22.0. The van der Waals surface area contributed by atoms with E-state index in [2.05, 4.69) is 25.5 Å². The average molecular weight is 445 g/mol. The highest BCUT2D eigenvalue weighted by Crippen LogP contribution is 2.33. The maximum atomic E-state index is 12.9. The smallest absolute Gasteiger partial charge is 0.416 e. The van der Waals surface area contributed by atoms with E-state index in [0.29, 0.717) is 15.9 Å². The van der Waals surface area contributed by atoms with Crippen molar-refractivity contribution in [1.82, 2.24) is 20.2 Å². The van der Waals surface area contributed by atoms with Gasteiger partial charge in [0.2, 0.25) is 17.0 Å². The lowest BCUT2D eigenvalue weighted by Crippen LogP contribution is -2.05. The van der Waals surface area contributed by atoms with Gasteiger partial charge in [0.25, 0.3) is 0 Å². The number of hydrogen-bond acceptors (Lipinski definition) is 9. The first-order valence-electron chi connectivity index (χ1n) is 8.72. The van der Waals surface area contributed by atoms with Gasteiger partial charge in [-0.3, -0.25) is 0 Å². The Morgan fingerprint density at radius 2 is 1.71 bits per heavy atom. The molecule has 0 aliphatic rings. The van der Waals surface area contributed by atoms with Crippen molar-refractivity contribution in [2.45, 2.75) is 6.18 Å². The highest BCUT2D eigenvalue weighted by molar-refractivity contribution is 7.18. The fraction of sp³-hybridized carbons (Fsp3) is 0.0526. The van der Waals surface area contributed by atoms with E-state index in [-0.39, 0.29) is 23.3 Å². The van der Waals surface area contributed by atoms with Crippen LogP contribution < -0.4 is 21.5 Å². The van der Waals surface area contributed by atoms with Crippen molar-refractivity contribution in [3.05, 3.63) is 60.2 Å². The Balaban J connectivity index is 1.47. The molecule has 5 N–H and O–H groups in total. The molecule has 0 radical (unpaired) electrons. The lowest BCUT2D eigenvalue weighted by atomic mass is 10.2. The van der Waals surface area contributed by atoms with Gasteiger partial charge in [0.15, 0.2) is 0 Å². The predicted molar refractivity (Wildman–Crippen MR) is 111 cm³/mol. The number of ether oxygens (including phenoxy) is 1. The summed E-state index contributed by atoms with van der Waals surface area (Å²) in [5.41, 5.74) is 11.4. The number of nitrogens with one attached hydrogen (secondary N) is 1. The zero-order valence-electron chi connectivity index (χ0n) is 15.6. The number of benzene rings is 2. The summed E-state index contributed by atoms with van der Waals surface area (Å²) >= 11 is 1.20. The highest BCUT2D eigenvalue weighted by atomic mass is 32.1. The van der Waals surface area contributed by atoms with Gasteiger partial charge in [-0.05, 0) is 42.5 Å². The fourth-order valence-electron chi connectivity index (χ4n) is 2.59. The van der Waals surface area contributed by atoms with E-state index in [1.165, 1.54) is 29.5 Å². The van der Waals surface area contributed by atoms with Gasteiger partial charge < -0.3 is 21.5 Å². The van der Waals surface area contributed by atoms with E-state index < -0.39 is 11.7 Å². The summed E-state index contributed by atoms with van der Waals surface area (Å²) in [7, 11) is 0. The number of hydrogen-bond donors (Lipinski definition) is 3. The van der Waals surface area contributed by atoms with Gasteiger partial charge in [-0.25, -0.2) is 0 Å². The molecule has 31 heavy (non-hydrogen) atoms. The molecule has 8 nitrogen and oxygen atoms in total. The van der Waals surface area contributed by atoms with Crippen molar-refractivity contribution in [3.8, 4) is 22.2 Å². The van der Waals surface area contributed by atoms with Gasteiger partial charge in [0.1, 0.15) is 16.6 Å². The second-order valence-electron chi connectivity index (χ2n) is 6.23. The van der Waals surface area contributed by atoms with Crippen LogP contribution in [0, 0.1) is 0 Å². The van der Waals surface area contributed by atoms with E-state index in [1.807, 2.05) is 0 Å². The Hall–Kier alpha value is -3.93. The van der Waals surface area contributed by atoms with Crippen molar-refractivity contribution in [2.24, 2.45) is 0 Å². The normalized spacial score (nSPS) is 11.3. The molecule has 0 amide bonds. The molecule has 2 heterocycles. The maximum Gasteiger partial charge on any atom is 0.416 e. The number of halogens is 3. The molecule has 4 rings (SSSR count). The quantitative estimate of drug-likeness (QED) is 0.403. The summed E-state index contributed by atoms with van der Waals surface area (Å²) in [5.74, 6) is 0.893. The summed E-state index contributed by atoms with van der Waals surface area (Å²) in [6.07, 6.45) is -4.42. The summed E-state index contributed by atoms with van der Waals surface area (Å²) in [6.45, 7) is 0. The van der Waals surface area contributed by atoms with Crippen molar-refractivity contribution in [1.29, 1.82) is 0 Å². The Morgan fingerprint density at radius 3 is 2.42 bits per heavy atom. The third kappa shape index (κ3) is 4.98. The Kier molecular flexibility index (Phi) is 5.29. The van der Waals surface area contributed by atoms with Crippen molar-refractivity contribution in [3.63, 3.8) is 0 Å².